The Kier molecular flexibility index (Phi) is 5.27. The number of aryl methyl sites for hydroxylation is 1. The van der Waals surface area contributed by atoms with E-state index in [1.807, 2.05) is 54.3 Å². The summed E-state index contributed by atoms with van der Waals surface area (Å²) in [5.74, 6) is 1.10. The fourth-order valence-electron chi connectivity index (χ4n) is 4.35. The van der Waals surface area contributed by atoms with Crippen LogP contribution in [0.2, 0.25) is 0 Å². The zero-order valence-corrected chi connectivity index (χ0v) is 16.0. The summed E-state index contributed by atoms with van der Waals surface area (Å²) in [5, 5.41) is 6.54. The fraction of sp³-hybridized carbons (Fsp3) is 0.524. The Balaban J connectivity index is 1.40. The lowest BCUT2D eigenvalue weighted by molar-refractivity contribution is -0.122. The van der Waals surface area contributed by atoms with E-state index in [1.54, 1.807) is 0 Å². The van der Waals surface area contributed by atoms with Gasteiger partial charge >= 0.3 is 0 Å². The molecule has 1 unspecified atom stereocenters. The summed E-state index contributed by atoms with van der Waals surface area (Å²) in [7, 11) is 2.02. The molecule has 1 aliphatic carbocycles. The highest BCUT2D eigenvalue weighted by atomic mass is 16.2. The molecular formula is C21H29N5O. The largest absolute Gasteiger partial charge is 0.351 e. The Bertz CT molecular complexity index is 766. The third-order valence-corrected chi connectivity index (χ3v) is 6.13. The molecule has 144 valence electrons. The van der Waals surface area contributed by atoms with Crippen LogP contribution >= 0.6 is 0 Å². The molecule has 1 aliphatic heterocycles. The van der Waals surface area contributed by atoms with Crippen LogP contribution < -0.4 is 10.6 Å². The second-order valence-corrected chi connectivity index (χ2v) is 7.95. The first-order valence-corrected chi connectivity index (χ1v) is 9.88. The third-order valence-electron chi connectivity index (χ3n) is 6.13. The number of aromatic nitrogens is 2. The number of benzene rings is 1. The number of imidazole rings is 1. The summed E-state index contributed by atoms with van der Waals surface area (Å²) in [6.07, 6.45) is 7.41. The zero-order chi connectivity index (χ0) is 18.7. The van der Waals surface area contributed by atoms with Crippen LogP contribution in [0.15, 0.2) is 42.7 Å². The maximum absolute atomic E-state index is 12.7. The van der Waals surface area contributed by atoms with Gasteiger partial charge in [0.15, 0.2) is 0 Å². The third kappa shape index (κ3) is 4.22. The minimum Gasteiger partial charge on any atom is -0.351 e. The predicted octanol–water partition coefficient (Wildman–Crippen LogP) is 1.68. The van der Waals surface area contributed by atoms with Gasteiger partial charge in [0.05, 0.1) is 13.1 Å². The van der Waals surface area contributed by atoms with Gasteiger partial charge in [-0.1, -0.05) is 30.3 Å². The van der Waals surface area contributed by atoms with E-state index < -0.39 is 0 Å². The fourth-order valence-corrected chi connectivity index (χ4v) is 4.35. The second kappa shape index (κ2) is 7.82. The predicted molar refractivity (Wildman–Crippen MR) is 105 cm³/mol. The summed E-state index contributed by atoms with van der Waals surface area (Å²) < 4.78 is 2.05. The summed E-state index contributed by atoms with van der Waals surface area (Å²) >= 11 is 0. The molecule has 2 aliphatic rings. The number of nitrogens with zero attached hydrogens (tertiary/aromatic N) is 3. The van der Waals surface area contributed by atoms with E-state index in [1.165, 1.54) is 19.3 Å². The Hall–Kier alpha value is -2.18. The minimum atomic E-state index is 0.0871. The van der Waals surface area contributed by atoms with Crippen molar-refractivity contribution in [3.63, 3.8) is 0 Å². The van der Waals surface area contributed by atoms with Gasteiger partial charge in [0.2, 0.25) is 5.91 Å². The Morgan fingerprint density at radius 3 is 2.81 bits per heavy atom. The number of piperidine rings is 1. The van der Waals surface area contributed by atoms with E-state index in [0.717, 1.165) is 31.0 Å². The van der Waals surface area contributed by atoms with Crippen molar-refractivity contribution in [2.75, 3.05) is 19.6 Å². The van der Waals surface area contributed by atoms with Crippen LogP contribution in [0.3, 0.4) is 0 Å². The van der Waals surface area contributed by atoms with E-state index in [-0.39, 0.29) is 5.91 Å². The Morgan fingerprint density at radius 1 is 1.33 bits per heavy atom. The van der Waals surface area contributed by atoms with Crippen LogP contribution in [-0.2, 0) is 24.9 Å². The van der Waals surface area contributed by atoms with E-state index in [4.69, 9.17) is 0 Å². The average Bonchev–Trinajstić information content (AvgIpc) is 3.22. The first-order valence-electron chi connectivity index (χ1n) is 9.88. The maximum atomic E-state index is 12.7. The first-order chi connectivity index (χ1) is 13.2. The molecule has 1 spiro atoms. The SMILES string of the molecule is Cn1ccnc1CN(CC(=O)NCc1ccccc1)C1CC12CCNCC2. The molecule has 1 aromatic carbocycles. The molecule has 6 nitrogen and oxygen atoms in total. The zero-order valence-electron chi connectivity index (χ0n) is 16.0. The van der Waals surface area contributed by atoms with Gasteiger partial charge in [-0.25, -0.2) is 4.98 Å². The monoisotopic (exact) mass is 367 g/mol. The normalized spacial score (nSPS) is 20.7. The van der Waals surface area contributed by atoms with Crippen molar-refractivity contribution in [1.29, 1.82) is 0 Å². The van der Waals surface area contributed by atoms with Gasteiger partial charge in [0.1, 0.15) is 5.82 Å². The molecular weight excluding hydrogens is 338 g/mol. The number of carbonyl (C=O) groups excluding carboxylic acids is 1. The molecule has 27 heavy (non-hydrogen) atoms. The highest BCUT2D eigenvalue weighted by Crippen LogP contribution is 2.55. The van der Waals surface area contributed by atoms with Crippen LogP contribution in [0.1, 0.15) is 30.7 Å². The first kappa shape index (κ1) is 18.2. The van der Waals surface area contributed by atoms with E-state index in [0.29, 0.717) is 24.5 Å². The van der Waals surface area contributed by atoms with Crippen molar-refractivity contribution in [2.24, 2.45) is 12.5 Å². The molecule has 0 bridgehead atoms. The van der Waals surface area contributed by atoms with Crippen LogP contribution in [-0.4, -0.2) is 46.0 Å². The summed E-state index contributed by atoms with van der Waals surface area (Å²) in [5.41, 5.74) is 1.53. The van der Waals surface area contributed by atoms with Crippen molar-refractivity contribution in [3.05, 3.63) is 54.1 Å². The van der Waals surface area contributed by atoms with Gasteiger partial charge in [0.25, 0.3) is 0 Å². The Morgan fingerprint density at radius 2 is 2.11 bits per heavy atom. The van der Waals surface area contributed by atoms with Gasteiger partial charge in [0, 0.05) is 32.0 Å². The van der Waals surface area contributed by atoms with Crippen molar-refractivity contribution in [3.8, 4) is 0 Å². The van der Waals surface area contributed by atoms with Crippen LogP contribution in [0.4, 0.5) is 0 Å². The number of hydrogen-bond donors (Lipinski definition) is 2. The van der Waals surface area contributed by atoms with E-state index >= 15 is 0 Å². The number of amides is 1. The van der Waals surface area contributed by atoms with E-state index in [9.17, 15) is 4.79 Å². The quantitative estimate of drug-likeness (QED) is 0.782. The van der Waals surface area contributed by atoms with Gasteiger partial charge in [-0.3, -0.25) is 9.69 Å². The molecule has 2 heterocycles. The molecule has 0 radical (unpaired) electrons. The van der Waals surface area contributed by atoms with Crippen molar-refractivity contribution in [2.45, 2.75) is 38.4 Å². The average molecular weight is 367 g/mol. The van der Waals surface area contributed by atoms with Gasteiger partial charge in [-0.05, 0) is 43.3 Å². The number of carbonyl (C=O) groups is 1. The van der Waals surface area contributed by atoms with Gasteiger partial charge < -0.3 is 15.2 Å². The molecule has 1 aromatic heterocycles. The number of nitrogens with one attached hydrogen (secondary N) is 2. The maximum Gasteiger partial charge on any atom is 0.234 e. The lowest BCUT2D eigenvalue weighted by Crippen LogP contribution is -2.41. The van der Waals surface area contributed by atoms with Crippen molar-refractivity contribution < 1.29 is 4.79 Å². The lowest BCUT2D eigenvalue weighted by atomic mass is 9.93. The van der Waals surface area contributed by atoms with Crippen molar-refractivity contribution in [1.82, 2.24) is 25.1 Å². The van der Waals surface area contributed by atoms with Gasteiger partial charge in [-0.2, -0.15) is 0 Å². The summed E-state index contributed by atoms with van der Waals surface area (Å²) in [6, 6.07) is 10.6. The summed E-state index contributed by atoms with van der Waals surface area (Å²) in [6.45, 7) is 3.91. The molecule has 4 rings (SSSR count). The molecule has 2 aromatic rings. The minimum absolute atomic E-state index is 0.0871. The Labute approximate surface area is 161 Å². The number of rotatable bonds is 7. The van der Waals surface area contributed by atoms with Crippen LogP contribution in [0.5, 0.6) is 0 Å². The topological polar surface area (TPSA) is 62.2 Å². The lowest BCUT2D eigenvalue weighted by Gasteiger charge is -2.29. The summed E-state index contributed by atoms with van der Waals surface area (Å²) in [4.78, 5) is 19.5. The molecule has 2 N–H and O–H groups in total. The number of hydrogen-bond acceptors (Lipinski definition) is 4. The molecule has 1 saturated carbocycles. The van der Waals surface area contributed by atoms with Crippen LogP contribution in [0.25, 0.3) is 0 Å². The van der Waals surface area contributed by atoms with Crippen LogP contribution in [0, 0.1) is 5.41 Å². The molecule has 6 heteroatoms. The molecule has 2 fully saturated rings. The highest BCUT2D eigenvalue weighted by Gasteiger charge is 2.56. The second-order valence-electron chi connectivity index (χ2n) is 7.95. The molecule has 1 saturated heterocycles. The van der Waals surface area contributed by atoms with Crippen molar-refractivity contribution >= 4 is 5.91 Å². The molecule has 1 amide bonds. The smallest absolute Gasteiger partial charge is 0.234 e. The highest BCUT2D eigenvalue weighted by molar-refractivity contribution is 5.78. The van der Waals surface area contributed by atoms with Gasteiger partial charge in [-0.15, -0.1) is 0 Å². The standard InChI is InChI=1S/C21H29N5O/c1-25-12-11-23-19(25)15-26(18-13-21(18)7-9-22-10-8-21)16-20(27)24-14-17-5-3-2-4-6-17/h2-6,11-12,18,22H,7-10,13-16H2,1H3,(H,24,27). The van der Waals surface area contributed by atoms with E-state index in [2.05, 4.69) is 20.5 Å². The molecule has 1 atom stereocenters.